The number of amides is 1. The van der Waals surface area contributed by atoms with Crippen molar-refractivity contribution in [2.75, 3.05) is 13.5 Å². The Morgan fingerprint density at radius 2 is 1.75 bits per heavy atom. The molecule has 0 aromatic carbocycles. The van der Waals surface area contributed by atoms with Crippen LogP contribution in [0.25, 0.3) is 0 Å². The quantitative estimate of drug-likeness (QED) is 0.166. The van der Waals surface area contributed by atoms with Gasteiger partial charge in [-0.3, -0.25) is 15.5 Å². The normalized spacial score (nSPS) is 13.0. The number of guanidine groups is 1. The first-order valence-electron chi connectivity index (χ1n) is 9.41. The predicted molar refractivity (Wildman–Crippen MR) is 86.7 cm³/mol. The molecule has 0 rings (SSSR count). The molecule has 0 aromatic heterocycles. The number of aliphatic hydroxyl groups is 1. The molecule has 0 unspecified atom stereocenters. The molecule has 0 aliphatic carbocycles. The summed E-state index contributed by atoms with van der Waals surface area (Å²) in [5, 5.41) is 29.9. The Kier molecular flexibility index (Phi) is 11.2. The van der Waals surface area contributed by atoms with E-state index in [2.05, 4.69) is 5.32 Å². The number of rotatable bonds is 11. The molecule has 0 aliphatic rings. The number of carboxylic acid groups (broad SMARTS) is 1. The van der Waals surface area contributed by atoms with E-state index in [1.54, 1.807) is 13.8 Å². The van der Waals surface area contributed by atoms with Crippen molar-refractivity contribution in [1.82, 2.24) is 10.2 Å². The minimum atomic E-state index is -2.85. The number of nitrogens with one attached hydrogen (secondary N) is 2. The molecular formula is C16H30N3NaO4. The van der Waals surface area contributed by atoms with E-state index in [-0.39, 0.29) is 36.0 Å². The summed E-state index contributed by atoms with van der Waals surface area (Å²) in [6.07, 6.45) is 6.22. The second kappa shape index (κ2) is 13.6. The molecule has 0 aromatic rings. The Morgan fingerprint density at radius 3 is 2.25 bits per heavy atom. The van der Waals surface area contributed by atoms with Gasteiger partial charge >= 0.3 is 29.6 Å². The average molecular weight is 354 g/mol. The zero-order chi connectivity index (χ0) is 20.4. The van der Waals surface area contributed by atoms with Gasteiger partial charge in [0, 0.05) is 17.5 Å². The zero-order valence-corrected chi connectivity index (χ0v) is 17.0. The fourth-order valence-corrected chi connectivity index (χ4v) is 2.02. The summed E-state index contributed by atoms with van der Waals surface area (Å²) in [6, 6.07) is 0. The number of hydrogen-bond acceptors (Lipinski definition) is 5. The Balaban J connectivity index is 0. The SMILES string of the molecule is [2H]C([2H])([2H])N(CC(=O)[O-])C(=N)NC(=O)CCCCCCCCC(C)(C)O.[Na+]. The van der Waals surface area contributed by atoms with Gasteiger partial charge in [-0.05, 0) is 26.7 Å². The van der Waals surface area contributed by atoms with E-state index in [1.165, 1.54) is 0 Å². The Bertz CT molecular complexity index is 483. The van der Waals surface area contributed by atoms with Crippen molar-refractivity contribution in [3.05, 3.63) is 0 Å². The van der Waals surface area contributed by atoms with Crippen molar-refractivity contribution in [3.63, 3.8) is 0 Å². The van der Waals surface area contributed by atoms with Gasteiger partial charge in [-0.15, -0.1) is 0 Å². The maximum absolute atomic E-state index is 11.8. The molecule has 0 saturated heterocycles. The number of nitrogens with zero attached hydrogens (tertiary/aromatic N) is 1. The van der Waals surface area contributed by atoms with Crippen LogP contribution < -0.4 is 40.0 Å². The summed E-state index contributed by atoms with van der Waals surface area (Å²) in [6.45, 7) is -0.291. The van der Waals surface area contributed by atoms with Gasteiger partial charge in [-0.2, -0.15) is 0 Å². The summed E-state index contributed by atoms with van der Waals surface area (Å²) in [5.41, 5.74) is -0.637. The van der Waals surface area contributed by atoms with E-state index in [9.17, 15) is 19.8 Å². The van der Waals surface area contributed by atoms with Crippen molar-refractivity contribution in [2.45, 2.75) is 70.8 Å². The third-order valence-electron chi connectivity index (χ3n) is 3.26. The number of unbranched alkanes of at least 4 members (excludes halogenated alkanes) is 5. The molecule has 0 atom stereocenters. The topological polar surface area (TPSA) is 117 Å². The maximum Gasteiger partial charge on any atom is 1.00 e. The molecule has 7 nitrogen and oxygen atoms in total. The van der Waals surface area contributed by atoms with Crippen molar-refractivity contribution in [2.24, 2.45) is 0 Å². The van der Waals surface area contributed by atoms with Crippen LogP contribution in [0.4, 0.5) is 0 Å². The van der Waals surface area contributed by atoms with E-state index in [4.69, 9.17) is 9.52 Å². The minimum Gasteiger partial charge on any atom is -0.548 e. The van der Waals surface area contributed by atoms with E-state index in [1.807, 2.05) is 0 Å². The van der Waals surface area contributed by atoms with E-state index >= 15 is 0 Å². The number of likely N-dealkylation sites (N-methyl/N-ethyl adjacent to an activating group) is 1. The number of hydrogen-bond donors (Lipinski definition) is 3. The van der Waals surface area contributed by atoms with E-state index < -0.39 is 37.0 Å². The van der Waals surface area contributed by atoms with Gasteiger partial charge in [0.1, 0.15) is 0 Å². The fourth-order valence-electron chi connectivity index (χ4n) is 2.02. The molecule has 3 N–H and O–H groups in total. The Labute approximate surface area is 171 Å². The van der Waals surface area contributed by atoms with Crippen LogP contribution >= 0.6 is 0 Å². The first-order valence-corrected chi connectivity index (χ1v) is 7.91. The zero-order valence-electron chi connectivity index (χ0n) is 18.0. The van der Waals surface area contributed by atoms with Crippen LogP contribution in [0.15, 0.2) is 0 Å². The summed E-state index contributed by atoms with van der Waals surface area (Å²) in [5.74, 6) is -2.94. The van der Waals surface area contributed by atoms with Crippen LogP contribution in [-0.2, 0) is 9.59 Å². The molecule has 0 bridgehead atoms. The van der Waals surface area contributed by atoms with Crippen molar-refractivity contribution in [1.29, 1.82) is 5.41 Å². The largest absolute Gasteiger partial charge is 1.00 e. The van der Waals surface area contributed by atoms with Crippen LogP contribution in [0.1, 0.15) is 69.3 Å². The van der Waals surface area contributed by atoms with Crippen LogP contribution in [0.3, 0.4) is 0 Å². The summed E-state index contributed by atoms with van der Waals surface area (Å²) >= 11 is 0. The second-order valence-corrected chi connectivity index (χ2v) is 6.29. The molecule has 134 valence electrons. The molecule has 0 fully saturated rings. The molecule has 1 amide bonds. The smallest absolute Gasteiger partial charge is 0.548 e. The number of carbonyl (C=O) groups excluding carboxylic acids is 2. The third kappa shape index (κ3) is 16.2. The Morgan fingerprint density at radius 1 is 1.21 bits per heavy atom. The number of carboxylic acids is 1. The van der Waals surface area contributed by atoms with Gasteiger partial charge < -0.3 is 19.9 Å². The van der Waals surface area contributed by atoms with Gasteiger partial charge in [-0.1, -0.05) is 32.1 Å². The van der Waals surface area contributed by atoms with Gasteiger partial charge in [0.05, 0.1) is 18.1 Å². The first-order chi connectivity index (χ1) is 11.8. The van der Waals surface area contributed by atoms with Gasteiger partial charge in [0.2, 0.25) is 5.91 Å². The van der Waals surface area contributed by atoms with E-state index in [0.717, 1.165) is 38.5 Å². The molecule has 0 aliphatic heterocycles. The van der Waals surface area contributed by atoms with Crippen molar-refractivity contribution in [3.8, 4) is 0 Å². The summed E-state index contributed by atoms with van der Waals surface area (Å²) in [7, 11) is 0. The fraction of sp³-hybridized carbons (Fsp3) is 0.812. The molecule has 0 heterocycles. The van der Waals surface area contributed by atoms with Gasteiger partial charge in [0.25, 0.3) is 0 Å². The van der Waals surface area contributed by atoms with Crippen molar-refractivity contribution >= 4 is 17.8 Å². The minimum absolute atomic E-state index is 0. The summed E-state index contributed by atoms with van der Waals surface area (Å²) < 4.78 is 21.6. The van der Waals surface area contributed by atoms with Crippen LogP contribution in [0.5, 0.6) is 0 Å². The second-order valence-electron chi connectivity index (χ2n) is 6.29. The maximum atomic E-state index is 11.8. The van der Waals surface area contributed by atoms with E-state index in [0.29, 0.717) is 11.3 Å². The standard InChI is InChI=1S/C16H31N3O4.Na/c1-16(2,23)11-9-7-5-4-6-8-10-13(20)18-15(17)19(3)12-14(21)22;/h23H,4-12H2,1-3H3,(H,21,22)(H2,17,18,20);/q;+1/p-1/i3D3;. The number of aliphatic carboxylic acids is 1. The van der Waals surface area contributed by atoms with Gasteiger partial charge in [-0.25, -0.2) is 0 Å². The molecule has 24 heavy (non-hydrogen) atoms. The molecule has 0 radical (unpaired) electrons. The molecule has 8 heteroatoms. The molecular weight excluding hydrogens is 321 g/mol. The predicted octanol–water partition coefficient (Wildman–Crippen LogP) is -2.39. The van der Waals surface area contributed by atoms with Gasteiger partial charge in [0.15, 0.2) is 5.96 Å². The monoisotopic (exact) mass is 354 g/mol. The van der Waals surface area contributed by atoms with Crippen LogP contribution in [0, 0.1) is 5.41 Å². The first kappa shape index (κ1) is 19.7. The van der Waals surface area contributed by atoms with Crippen LogP contribution in [0.2, 0.25) is 0 Å². The van der Waals surface area contributed by atoms with Crippen molar-refractivity contribution < 1.29 is 53.5 Å². The molecule has 0 saturated carbocycles. The average Bonchev–Trinajstić information content (AvgIpc) is 2.44. The third-order valence-corrected chi connectivity index (χ3v) is 3.26. The van der Waals surface area contributed by atoms with Crippen LogP contribution in [-0.4, -0.2) is 47.0 Å². The number of carbonyl (C=O) groups is 2. The Hall–Kier alpha value is -0.630. The molecule has 0 spiro atoms. The summed E-state index contributed by atoms with van der Waals surface area (Å²) in [4.78, 5) is 22.7.